The summed E-state index contributed by atoms with van der Waals surface area (Å²) < 4.78 is 0. The number of carbonyl (C=O) groups is 1. The summed E-state index contributed by atoms with van der Waals surface area (Å²) in [7, 11) is 0. The van der Waals surface area contributed by atoms with Crippen LogP contribution in [0.1, 0.15) is 19.3 Å². The maximum Gasteiger partial charge on any atom is 0.307 e. The second-order valence-corrected chi connectivity index (χ2v) is 2.62. The van der Waals surface area contributed by atoms with Crippen LogP contribution in [0.4, 0.5) is 0 Å². The zero-order chi connectivity index (χ0) is 8.97. The molecule has 0 unspecified atom stereocenters. The molecular weight excluding hydrogens is 154 g/mol. The predicted molar refractivity (Wildman–Crippen MR) is 44.3 cm³/mol. The van der Waals surface area contributed by atoms with E-state index in [0.717, 1.165) is 24.1 Å². The number of hydrogen-bond donors (Lipinski definition) is 1. The number of aliphatic carboxylic acids is 1. The summed E-state index contributed by atoms with van der Waals surface area (Å²) in [6.45, 7) is 6.72. The van der Waals surface area contributed by atoms with Crippen molar-refractivity contribution >= 4 is 5.97 Å². The number of carboxylic acid groups (broad SMARTS) is 1. The zero-order valence-electron chi connectivity index (χ0n) is 6.58. The van der Waals surface area contributed by atoms with Gasteiger partial charge in [0.1, 0.15) is 0 Å². The molecule has 3 heteroatoms. The van der Waals surface area contributed by atoms with Gasteiger partial charge in [-0.15, -0.1) is 0 Å². The third-order valence-electron chi connectivity index (χ3n) is 1.70. The summed E-state index contributed by atoms with van der Waals surface area (Å²) in [6.07, 6.45) is 5.06. The standard InChI is InChI=1S/C9H9NO2/c1-10-8-4-2-7(6-8)3-5-9(11)12/h3,6H,2,4-5H2,(H,11,12). The lowest BCUT2D eigenvalue weighted by atomic mass is 10.2. The van der Waals surface area contributed by atoms with Crippen molar-refractivity contribution in [3.05, 3.63) is 34.8 Å². The fraction of sp³-hybridized carbons (Fsp3) is 0.333. The number of hydrogen-bond acceptors (Lipinski definition) is 1. The fourth-order valence-corrected chi connectivity index (χ4v) is 1.10. The van der Waals surface area contributed by atoms with Gasteiger partial charge in [0.25, 0.3) is 0 Å². The fourth-order valence-electron chi connectivity index (χ4n) is 1.10. The summed E-state index contributed by atoms with van der Waals surface area (Å²) in [6, 6.07) is 0. The van der Waals surface area contributed by atoms with E-state index in [-0.39, 0.29) is 6.42 Å². The van der Waals surface area contributed by atoms with Gasteiger partial charge in [0.15, 0.2) is 5.70 Å². The van der Waals surface area contributed by atoms with Gasteiger partial charge in [0, 0.05) is 0 Å². The monoisotopic (exact) mass is 163 g/mol. The molecule has 3 nitrogen and oxygen atoms in total. The van der Waals surface area contributed by atoms with Gasteiger partial charge in [-0.1, -0.05) is 17.7 Å². The molecular formula is C9H9NO2. The van der Waals surface area contributed by atoms with Crippen LogP contribution in [0, 0.1) is 6.57 Å². The van der Waals surface area contributed by atoms with E-state index in [9.17, 15) is 4.79 Å². The van der Waals surface area contributed by atoms with E-state index in [1.54, 1.807) is 12.2 Å². The molecule has 0 aliphatic heterocycles. The highest BCUT2D eigenvalue weighted by Gasteiger charge is 2.08. The lowest BCUT2D eigenvalue weighted by molar-refractivity contribution is -0.136. The predicted octanol–water partition coefficient (Wildman–Crippen LogP) is 1.98. The van der Waals surface area contributed by atoms with Crippen LogP contribution in [0.25, 0.3) is 4.85 Å². The summed E-state index contributed by atoms with van der Waals surface area (Å²) in [4.78, 5) is 13.5. The first-order valence-corrected chi connectivity index (χ1v) is 3.71. The molecule has 1 aliphatic rings. The third kappa shape index (κ3) is 2.24. The van der Waals surface area contributed by atoms with Crippen molar-refractivity contribution in [3.8, 4) is 0 Å². The van der Waals surface area contributed by atoms with Gasteiger partial charge in [0.05, 0.1) is 13.0 Å². The molecule has 0 aromatic heterocycles. The highest BCUT2D eigenvalue weighted by Crippen LogP contribution is 2.24. The number of carboxylic acids is 1. The molecule has 12 heavy (non-hydrogen) atoms. The molecule has 0 saturated carbocycles. The number of allylic oxidation sites excluding steroid dienone is 3. The Morgan fingerprint density at radius 1 is 1.75 bits per heavy atom. The molecule has 0 heterocycles. The molecule has 0 atom stereocenters. The van der Waals surface area contributed by atoms with Crippen molar-refractivity contribution in [2.75, 3.05) is 0 Å². The van der Waals surface area contributed by atoms with Crippen LogP contribution in [-0.2, 0) is 4.79 Å². The first-order valence-electron chi connectivity index (χ1n) is 3.71. The summed E-state index contributed by atoms with van der Waals surface area (Å²) in [5.74, 6) is -0.827. The topological polar surface area (TPSA) is 41.7 Å². The lowest BCUT2D eigenvalue weighted by Crippen LogP contribution is -1.90. The van der Waals surface area contributed by atoms with Crippen LogP contribution >= 0.6 is 0 Å². The second-order valence-electron chi connectivity index (χ2n) is 2.62. The normalized spacial score (nSPS) is 18.9. The Morgan fingerprint density at radius 3 is 3.00 bits per heavy atom. The average molecular weight is 163 g/mol. The van der Waals surface area contributed by atoms with Crippen LogP contribution in [-0.4, -0.2) is 11.1 Å². The van der Waals surface area contributed by atoms with E-state index in [0.29, 0.717) is 0 Å². The molecule has 0 radical (unpaired) electrons. The second kappa shape index (κ2) is 3.72. The molecule has 0 aromatic rings. The molecule has 1 N–H and O–H groups in total. The van der Waals surface area contributed by atoms with Gasteiger partial charge >= 0.3 is 5.97 Å². The Kier molecular flexibility index (Phi) is 2.65. The van der Waals surface area contributed by atoms with Crippen LogP contribution in [0.3, 0.4) is 0 Å². The van der Waals surface area contributed by atoms with Crippen molar-refractivity contribution in [1.82, 2.24) is 0 Å². The molecule has 0 saturated heterocycles. The van der Waals surface area contributed by atoms with Gasteiger partial charge in [-0.25, -0.2) is 4.85 Å². The molecule has 62 valence electrons. The highest BCUT2D eigenvalue weighted by atomic mass is 16.4. The summed E-state index contributed by atoms with van der Waals surface area (Å²) in [5, 5.41) is 8.37. The van der Waals surface area contributed by atoms with Gasteiger partial charge in [-0.05, 0) is 12.8 Å². The Hall–Kier alpha value is -1.56. The van der Waals surface area contributed by atoms with E-state index in [1.165, 1.54) is 0 Å². The minimum atomic E-state index is -0.827. The van der Waals surface area contributed by atoms with Crippen molar-refractivity contribution in [2.45, 2.75) is 19.3 Å². The van der Waals surface area contributed by atoms with E-state index in [2.05, 4.69) is 4.85 Å². The molecule has 0 bridgehead atoms. The quantitative estimate of drug-likeness (QED) is 0.632. The van der Waals surface area contributed by atoms with Crippen LogP contribution < -0.4 is 0 Å². The Morgan fingerprint density at radius 2 is 2.50 bits per heavy atom. The summed E-state index contributed by atoms with van der Waals surface area (Å²) in [5.41, 5.74) is 1.70. The van der Waals surface area contributed by atoms with E-state index in [1.807, 2.05) is 0 Å². The van der Waals surface area contributed by atoms with Crippen molar-refractivity contribution in [3.63, 3.8) is 0 Å². The number of nitrogens with zero attached hydrogens (tertiary/aromatic N) is 1. The Labute approximate surface area is 70.8 Å². The van der Waals surface area contributed by atoms with Crippen molar-refractivity contribution < 1.29 is 9.90 Å². The van der Waals surface area contributed by atoms with Crippen molar-refractivity contribution in [2.24, 2.45) is 0 Å². The van der Waals surface area contributed by atoms with Gasteiger partial charge < -0.3 is 5.11 Å². The minimum Gasteiger partial charge on any atom is -0.481 e. The largest absolute Gasteiger partial charge is 0.481 e. The third-order valence-corrected chi connectivity index (χ3v) is 1.70. The molecule has 1 aliphatic carbocycles. The van der Waals surface area contributed by atoms with Gasteiger partial charge in [-0.3, -0.25) is 4.79 Å². The smallest absolute Gasteiger partial charge is 0.307 e. The van der Waals surface area contributed by atoms with Gasteiger partial charge in [-0.2, -0.15) is 0 Å². The maximum atomic E-state index is 10.2. The minimum absolute atomic E-state index is 0.0527. The van der Waals surface area contributed by atoms with Crippen LogP contribution in [0.15, 0.2) is 23.4 Å². The molecule has 0 fully saturated rings. The number of rotatable bonds is 2. The van der Waals surface area contributed by atoms with Crippen molar-refractivity contribution in [1.29, 1.82) is 0 Å². The molecule has 0 spiro atoms. The first-order chi connectivity index (χ1) is 5.72. The summed E-state index contributed by atoms with van der Waals surface area (Å²) >= 11 is 0. The lowest BCUT2D eigenvalue weighted by Gasteiger charge is -1.89. The van der Waals surface area contributed by atoms with E-state index in [4.69, 9.17) is 11.7 Å². The maximum absolute atomic E-state index is 10.2. The Balaban J connectivity index is 2.57. The highest BCUT2D eigenvalue weighted by molar-refractivity contribution is 5.69. The molecule has 0 aromatic carbocycles. The van der Waals surface area contributed by atoms with Crippen LogP contribution in [0.2, 0.25) is 0 Å². The molecule has 1 rings (SSSR count). The average Bonchev–Trinajstić information content (AvgIpc) is 2.48. The first kappa shape index (κ1) is 8.54. The molecule has 0 amide bonds. The van der Waals surface area contributed by atoms with E-state index < -0.39 is 5.97 Å². The Bertz CT molecular complexity index is 294. The van der Waals surface area contributed by atoms with E-state index >= 15 is 0 Å². The van der Waals surface area contributed by atoms with Crippen LogP contribution in [0.5, 0.6) is 0 Å². The zero-order valence-corrected chi connectivity index (χ0v) is 6.58. The SMILES string of the molecule is [C-]#[N+]C1=CC(=CCC(=O)O)CC1. The van der Waals surface area contributed by atoms with Gasteiger partial charge in [0.2, 0.25) is 0 Å².